The molecule has 2 heterocycles. The van der Waals surface area contributed by atoms with Crippen LogP contribution >= 0.6 is 0 Å². The van der Waals surface area contributed by atoms with E-state index in [9.17, 15) is 49.2 Å². The molecule has 422 valence electrons. The smallest absolute Gasteiger partial charge is 0.408 e. The average Bonchev–Trinajstić information content (AvgIpc) is 3.19. The Labute approximate surface area is 428 Å². The van der Waals surface area contributed by atoms with E-state index in [2.05, 4.69) is 31.9 Å². The van der Waals surface area contributed by atoms with Crippen LogP contribution in [0, 0.1) is 0 Å². The van der Waals surface area contributed by atoms with Gasteiger partial charge in [-0.2, -0.15) is 0 Å². The molecule has 0 aromatic heterocycles. The fraction of sp³-hybridized carbons (Fsp3) is 0.875. The molecular weight excluding hydrogens is 965 g/mol. The predicted octanol–water partition coefficient (Wildman–Crippen LogP) is 2.85. The van der Waals surface area contributed by atoms with Crippen molar-refractivity contribution in [3.63, 3.8) is 0 Å². The minimum Gasteiger partial charge on any atom is -0.444 e. The van der Waals surface area contributed by atoms with E-state index in [4.69, 9.17) is 42.6 Å². The van der Waals surface area contributed by atoms with Crippen LogP contribution in [0.4, 0.5) is 24.0 Å². The van der Waals surface area contributed by atoms with Crippen LogP contribution < -0.4 is 31.9 Å². The summed E-state index contributed by atoms with van der Waals surface area (Å²) in [6.45, 7) is 26.2. The van der Waals surface area contributed by atoms with Gasteiger partial charge in [-0.3, -0.25) is 4.79 Å². The fourth-order valence-electron chi connectivity index (χ4n) is 7.88. The summed E-state index contributed by atoms with van der Waals surface area (Å²) < 4.78 is 52.6. The second-order valence-electron chi connectivity index (χ2n) is 23.5. The number of aliphatic hydroxyl groups is 4. The average molecular weight is 1050 g/mol. The highest BCUT2D eigenvalue weighted by Crippen LogP contribution is 2.34. The number of nitrogens with one attached hydrogen (secondary N) is 6. The first-order valence-corrected chi connectivity index (χ1v) is 24.9. The second kappa shape index (κ2) is 25.8. The van der Waals surface area contributed by atoms with Gasteiger partial charge in [-0.05, 0) is 136 Å². The van der Waals surface area contributed by atoms with Crippen LogP contribution in [0.25, 0.3) is 0 Å². The van der Waals surface area contributed by atoms with Gasteiger partial charge in [0.25, 0.3) is 0 Å². The third-order valence-electron chi connectivity index (χ3n) is 10.8. The van der Waals surface area contributed by atoms with E-state index in [0.29, 0.717) is 0 Å². The number of carbonyl (C=O) groups is 6. The Morgan fingerprint density at radius 1 is 0.534 bits per heavy atom. The number of rotatable bonds is 15. The highest BCUT2D eigenvalue weighted by atomic mass is 16.7. The van der Waals surface area contributed by atoms with E-state index in [1.165, 1.54) is 0 Å². The summed E-state index contributed by atoms with van der Waals surface area (Å²) in [4.78, 5) is 78.7. The lowest BCUT2D eigenvalue weighted by Gasteiger charge is -2.49. The third-order valence-corrected chi connectivity index (χ3v) is 10.8. The number of hydrogen-bond donors (Lipinski definition) is 10. The zero-order valence-corrected chi connectivity index (χ0v) is 45.4. The Balaban J connectivity index is 2.12. The van der Waals surface area contributed by atoms with Gasteiger partial charge in [0.15, 0.2) is 12.6 Å². The summed E-state index contributed by atoms with van der Waals surface area (Å²) in [6, 6.07) is -5.10. The van der Waals surface area contributed by atoms with E-state index in [1.54, 1.807) is 111 Å². The molecule has 0 aromatic carbocycles. The summed E-state index contributed by atoms with van der Waals surface area (Å²) in [7, 11) is 0. The Morgan fingerprint density at radius 3 is 1.47 bits per heavy atom. The molecule has 3 aliphatic rings. The van der Waals surface area contributed by atoms with Crippen molar-refractivity contribution >= 4 is 36.4 Å². The molecule has 14 atom stereocenters. The molecule has 1 aliphatic carbocycles. The van der Waals surface area contributed by atoms with Gasteiger partial charge in [0, 0.05) is 13.1 Å². The molecule has 10 N–H and O–H groups in total. The third kappa shape index (κ3) is 22.1. The summed E-state index contributed by atoms with van der Waals surface area (Å²) in [5, 5.41) is 62.6. The highest BCUT2D eigenvalue weighted by Gasteiger charge is 2.53. The highest BCUT2D eigenvalue weighted by molar-refractivity contribution is 5.81. The van der Waals surface area contributed by atoms with Crippen LogP contribution in [0.2, 0.25) is 0 Å². The van der Waals surface area contributed by atoms with Crippen molar-refractivity contribution in [1.82, 2.24) is 31.9 Å². The van der Waals surface area contributed by atoms with Gasteiger partial charge in [-0.25, -0.2) is 24.0 Å². The first-order chi connectivity index (χ1) is 33.3. The molecule has 3 fully saturated rings. The lowest BCUT2D eigenvalue weighted by Crippen LogP contribution is -2.70. The van der Waals surface area contributed by atoms with E-state index in [1.807, 2.05) is 0 Å². The largest absolute Gasteiger partial charge is 0.444 e. The van der Waals surface area contributed by atoms with E-state index in [-0.39, 0.29) is 45.2 Å². The number of ether oxygens (including phenoxy) is 9. The van der Waals surface area contributed by atoms with Crippen molar-refractivity contribution < 1.29 is 91.8 Å². The first kappa shape index (κ1) is 62.8. The number of carbonyl (C=O) groups excluding carboxylic acids is 6. The molecule has 0 spiro atoms. The molecule has 0 radical (unpaired) electrons. The molecule has 2 aliphatic heterocycles. The summed E-state index contributed by atoms with van der Waals surface area (Å²) in [5.74, 6) is -0.999. The molecule has 1 saturated carbocycles. The van der Waals surface area contributed by atoms with Crippen molar-refractivity contribution in [2.45, 2.75) is 256 Å². The molecule has 6 unspecified atom stereocenters. The van der Waals surface area contributed by atoms with Gasteiger partial charge in [-0.1, -0.05) is 6.92 Å². The van der Waals surface area contributed by atoms with Crippen LogP contribution in [-0.2, 0) is 47.4 Å². The van der Waals surface area contributed by atoms with Crippen molar-refractivity contribution in [1.29, 1.82) is 0 Å². The summed E-state index contributed by atoms with van der Waals surface area (Å²) in [6.07, 6.45) is -19.6. The molecule has 73 heavy (non-hydrogen) atoms. The molecule has 3 rings (SSSR count). The Hall–Kier alpha value is -4.50. The molecule has 25 nitrogen and oxygen atoms in total. The first-order valence-electron chi connectivity index (χ1n) is 24.9. The molecule has 6 amide bonds. The maximum absolute atomic E-state index is 13.9. The number of amides is 6. The SMILES string of the molecule is CCC1O[C@H](O[C@@H]2C(O)C(O[C@H]3OC(CNC(=O)OC(C)(C)C)CCC3NC(=O)OC(C)(C)C)[C@@H](NC(=O)OC(C)(C)C)C[C@H]2NC(=O)[C@@H](O)CCNC(=O)OC(C)(C)C)C(O)[C@@H](NC(=O)OC(C)(C)C)[C@H]1O. The Kier molecular flexibility index (Phi) is 22.2. The number of hydrogen-bond acceptors (Lipinski definition) is 19. The quantitative estimate of drug-likeness (QED) is 0.105. The van der Waals surface area contributed by atoms with Gasteiger partial charge in [0.2, 0.25) is 5.91 Å². The molecule has 25 heteroatoms. The van der Waals surface area contributed by atoms with Crippen molar-refractivity contribution in [2.24, 2.45) is 0 Å². The van der Waals surface area contributed by atoms with Crippen molar-refractivity contribution in [3.8, 4) is 0 Å². The fourth-order valence-corrected chi connectivity index (χ4v) is 7.88. The topological polar surface area (TPSA) is 339 Å². The van der Waals surface area contributed by atoms with E-state index < -0.39 is 150 Å². The second-order valence-corrected chi connectivity index (χ2v) is 23.5. The molecule has 2 saturated heterocycles. The summed E-state index contributed by atoms with van der Waals surface area (Å²) in [5.41, 5.74) is -4.53. The summed E-state index contributed by atoms with van der Waals surface area (Å²) >= 11 is 0. The lowest BCUT2D eigenvalue weighted by atomic mass is 9.83. The maximum atomic E-state index is 13.9. The minimum atomic E-state index is -1.93. The monoisotopic (exact) mass is 1050 g/mol. The number of alkyl carbamates (subject to hydrolysis) is 5. The van der Waals surface area contributed by atoms with Gasteiger partial charge in [-0.15, -0.1) is 0 Å². The van der Waals surface area contributed by atoms with Crippen molar-refractivity contribution in [3.05, 3.63) is 0 Å². The Morgan fingerprint density at radius 2 is 0.973 bits per heavy atom. The predicted molar refractivity (Wildman–Crippen MR) is 260 cm³/mol. The maximum Gasteiger partial charge on any atom is 0.408 e. The van der Waals surface area contributed by atoms with Crippen LogP contribution in [0.3, 0.4) is 0 Å². The van der Waals surface area contributed by atoms with Gasteiger partial charge >= 0.3 is 30.5 Å². The van der Waals surface area contributed by atoms with E-state index >= 15 is 0 Å². The number of aliphatic hydroxyl groups excluding tert-OH is 4. The van der Waals surface area contributed by atoms with Crippen molar-refractivity contribution in [2.75, 3.05) is 13.1 Å². The normalized spacial score (nSPS) is 29.6. The van der Waals surface area contributed by atoms with Crippen LogP contribution in [0.1, 0.15) is 143 Å². The van der Waals surface area contributed by atoms with Crippen LogP contribution in [0.15, 0.2) is 0 Å². The zero-order chi connectivity index (χ0) is 55.6. The van der Waals surface area contributed by atoms with Crippen LogP contribution in [-0.4, -0.2) is 183 Å². The van der Waals surface area contributed by atoms with Gasteiger partial charge in [0.1, 0.15) is 64.6 Å². The zero-order valence-electron chi connectivity index (χ0n) is 45.4. The van der Waals surface area contributed by atoms with Crippen LogP contribution in [0.5, 0.6) is 0 Å². The van der Waals surface area contributed by atoms with Gasteiger partial charge < -0.3 is 95.0 Å². The van der Waals surface area contributed by atoms with E-state index in [0.717, 1.165) is 0 Å². The molecular formula is C48H86N6O19. The lowest BCUT2D eigenvalue weighted by molar-refractivity contribution is -0.314. The molecule has 0 bridgehead atoms. The Bertz CT molecular complexity index is 1840. The van der Waals surface area contributed by atoms with Gasteiger partial charge in [0.05, 0.1) is 36.4 Å². The molecule has 0 aromatic rings. The minimum absolute atomic E-state index is 0.0734. The standard InChI is InChI=1S/C48H86N6O19/c1-17-29-31(56)30(54-43(64)73-48(14,15)16)32(57)38(66-29)68-34-26(51-36(59)28(55)20-21-49-39(60)69-44(2,3)4)22-27(53-42(63)72-47(11,12)13)35(33(34)58)67-37-25(52-41(62)71-46(8,9)10)19-18-24(65-37)23-50-40(61)70-45(5,6)7/h24-35,37-38,55-58H,17-23H2,1-16H3,(H,49,60)(H,50,61)(H,51,59)(H,52,62)(H,53,63)(H,54,64)/t24?,25?,26-,27+,28+,29?,30+,31+,32?,33?,34+,35?,37-,38-/m1/s1.